The van der Waals surface area contributed by atoms with Crippen LogP contribution in [0, 0.1) is 5.92 Å². The van der Waals surface area contributed by atoms with Gasteiger partial charge < -0.3 is 16.0 Å². The van der Waals surface area contributed by atoms with Gasteiger partial charge in [0.15, 0.2) is 0 Å². The van der Waals surface area contributed by atoms with Crippen molar-refractivity contribution >= 4 is 11.8 Å². The van der Waals surface area contributed by atoms with Gasteiger partial charge in [-0.05, 0) is 42.9 Å². The van der Waals surface area contributed by atoms with E-state index < -0.39 is 5.54 Å². The number of fused-ring (bicyclic) bond motifs is 1. The van der Waals surface area contributed by atoms with Gasteiger partial charge in [0.2, 0.25) is 5.91 Å². The van der Waals surface area contributed by atoms with Gasteiger partial charge in [0.1, 0.15) is 0 Å². The third-order valence-corrected chi connectivity index (χ3v) is 7.48. The Morgan fingerprint density at radius 3 is 2.56 bits per heavy atom. The molecule has 0 bridgehead atoms. The van der Waals surface area contributed by atoms with Gasteiger partial charge in [-0.2, -0.15) is 0 Å². The third-order valence-electron chi connectivity index (χ3n) is 7.48. The number of amides is 2. The molecule has 168 valence electrons. The molecule has 6 heteroatoms. The van der Waals surface area contributed by atoms with Crippen LogP contribution >= 0.6 is 0 Å². The number of aryl methyl sites for hydroxylation is 1. The number of hydrogen-bond donors (Lipinski definition) is 2. The molecule has 5 rings (SSSR count). The molecule has 6 nitrogen and oxygen atoms in total. The summed E-state index contributed by atoms with van der Waals surface area (Å²) in [6, 6.07) is 18.4. The number of nitrogens with two attached hydrogens (primary N) is 1. The minimum absolute atomic E-state index is 0.0573. The zero-order chi connectivity index (χ0) is 22.1. The molecule has 2 atom stereocenters. The summed E-state index contributed by atoms with van der Waals surface area (Å²) in [6.07, 6.45) is 3.25. The Kier molecular flexibility index (Phi) is 5.74. The predicted molar refractivity (Wildman–Crippen MR) is 124 cm³/mol. The van der Waals surface area contributed by atoms with Crippen molar-refractivity contribution in [2.45, 2.75) is 43.8 Å². The van der Waals surface area contributed by atoms with Crippen molar-refractivity contribution in [3.63, 3.8) is 0 Å². The predicted octanol–water partition coefficient (Wildman–Crippen LogP) is 2.18. The highest BCUT2D eigenvalue weighted by Gasteiger charge is 2.52. The van der Waals surface area contributed by atoms with Crippen molar-refractivity contribution in [3.05, 3.63) is 71.3 Å². The molecule has 2 aromatic rings. The van der Waals surface area contributed by atoms with E-state index in [0.717, 1.165) is 43.4 Å². The van der Waals surface area contributed by atoms with Gasteiger partial charge in [0.25, 0.3) is 5.91 Å². The van der Waals surface area contributed by atoms with Crippen LogP contribution in [0.3, 0.4) is 0 Å². The monoisotopic (exact) mass is 432 g/mol. The van der Waals surface area contributed by atoms with Gasteiger partial charge >= 0.3 is 0 Å². The highest BCUT2D eigenvalue weighted by molar-refractivity contribution is 5.97. The molecule has 0 radical (unpaired) electrons. The number of nitrogens with one attached hydrogen (secondary N) is 1. The molecule has 0 aliphatic carbocycles. The average molecular weight is 433 g/mol. The minimum atomic E-state index is -0.554. The van der Waals surface area contributed by atoms with Crippen LogP contribution in [-0.2, 0) is 17.8 Å². The Morgan fingerprint density at radius 1 is 1.06 bits per heavy atom. The van der Waals surface area contributed by atoms with Gasteiger partial charge in [-0.3, -0.25) is 14.5 Å². The number of hydrogen-bond acceptors (Lipinski definition) is 4. The Labute approximate surface area is 189 Å². The van der Waals surface area contributed by atoms with Gasteiger partial charge in [-0.25, -0.2) is 0 Å². The van der Waals surface area contributed by atoms with Crippen molar-refractivity contribution in [2.75, 3.05) is 26.2 Å². The molecule has 3 N–H and O–H groups in total. The molecule has 0 saturated carbocycles. The number of benzene rings is 2. The molecule has 3 aliphatic rings. The number of carbonyl (C=O) groups is 2. The van der Waals surface area contributed by atoms with Crippen molar-refractivity contribution in [1.82, 2.24) is 15.1 Å². The lowest BCUT2D eigenvalue weighted by atomic mass is 9.81. The molecular formula is C26H32N4O2. The molecular weight excluding hydrogens is 400 g/mol. The SMILES string of the molecule is NC1CCN(C(=O)[C@@H]2CN(Cc3ccccc3)C[C@]23CCc2ccccc2C(=O)N3)CC1. The zero-order valence-electron chi connectivity index (χ0n) is 18.5. The van der Waals surface area contributed by atoms with E-state index in [1.54, 1.807) is 0 Å². The lowest BCUT2D eigenvalue weighted by molar-refractivity contribution is -0.138. The number of piperidine rings is 1. The van der Waals surface area contributed by atoms with Crippen LogP contribution in [-0.4, -0.2) is 59.4 Å². The van der Waals surface area contributed by atoms with Crippen LogP contribution in [0.1, 0.15) is 40.7 Å². The van der Waals surface area contributed by atoms with Gasteiger partial charge in [-0.1, -0.05) is 48.5 Å². The van der Waals surface area contributed by atoms with Gasteiger partial charge in [-0.15, -0.1) is 0 Å². The van der Waals surface area contributed by atoms with E-state index in [2.05, 4.69) is 22.3 Å². The largest absolute Gasteiger partial charge is 0.344 e. The molecule has 3 heterocycles. The van der Waals surface area contributed by atoms with Gasteiger partial charge in [0, 0.05) is 44.3 Å². The second kappa shape index (κ2) is 8.68. The van der Waals surface area contributed by atoms with E-state index in [9.17, 15) is 9.59 Å². The fourth-order valence-electron chi connectivity index (χ4n) is 5.68. The summed E-state index contributed by atoms with van der Waals surface area (Å²) in [5.74, 6) is -0.143. The summed E-state index contributed by atoms with van der Waals surface area (Å²) in [6.45, 7) is 3.54. The first kappa shape index (κ1) is 21.2. The number of rotatable bonds is 3. The smallest absolute Gasteiger partial charge is 0.252 e. The van der Waals surface area contributed by atoms with Crippen molar-refractivity contribution in [3.8, 4) is 0 Å². The van der Waals surface area contributed by atoms with Crippen LogP contribution in [0.25, 0.3) is 0 Å². The number of likely N-dealkylation sites (tertiary alicyclic amines) is 2. The highest BCUT2D eigenvalue weighted by Crippen LogP contribution is 2.37. The lowest BCUT2D eigenvalue weighted by Gasteiger charge is -2.38. The van der Waals surface area contributed by atoms with Crippen LogP contribution in [0.15, 0.2) is 54.6 Å². The Morgan fingerprint density at radius 2 is 1.78 bits per heavy atom. The maximum atomic E-state index is 13.8. The van der Waals surface area contributed by atoms with Crippen molar-refractivity contribution in [2.24, 2.45) is 11.7 Å². The van der Waals surface area contributed by atoms with Crippen LogP contribution in [0.2, 0.25) is 0 Å². The highest BCUT2D eigenvalue weighted by atomic mass is 16.2. The minimum Gasteiger partial charge on any atom is -0.344 e. The molecule has 2 saturated heterocycles. The Balaban J connectivity index is 1.43. The fourth-order valence-corrected chi connectivity index (χ4v) is 5.68. The maximum absolute atomic E-state index is 13.8. The third kappa shape index (κ3) is 4.05. The van der Waals surface area contributed by atoms with Gasteiger partial charge in [0.05, 0.1) is 11.5 Å². The molecule has 0 unspecified atom stereocenters. The van der Waals surface area contributed by atoms with E-state index in [0.29, 0.717) is 26.2 Å². The van der Waals surface area contributed by atoms with E-state index in [1.807, 2.05) is 47.4 Å². The molecule has 2 amide bonds. The second-order valence-electron chi connectivity index (χ2n) is 9.64. The average Bonchev–Trinajstić information content (AvgIpc) is 3.08. The maximum Gasteiger partial charge on any atom is 0.252 e. The summed E-state index contributed by atoms with van der Waals surface area (Å²) in [5, 5.41) is 3.35. The first-order chi connectivity index (χ1) is 15.5. The topological polar surface area (TPSA) is 78.7 Å². The number of carbonyl (C=O) groups excluding carboxylic acids is 2. The van der Waals surface area contributed by atoms with E-state index in [4.69, 9.17) is 5.73 Å². The quantitative estimate of drug-likeness (QED) is 0.779. The van der Waals surface area contributed by atoms with Crippen molar-refractivity contribution in [1.29, 1.82) is 0 Å². The Bertz CT molecular complexity index is 986. The first-order valence-electron chi connectivity index (χ1n) is 11.8. The van der Waals surface area contributed by atoms with Crippen LogP contribution in [0.4, 0.5) is 0 Å². The summed E-state index contributed by atoms with van der Waals surface area (Å²) in [7, 11) is 0. The molecule has 32 heavy (non-hydrogen) atoms. The van der Waals surface area contributed by atoms with E-state index in [-0.39, 0.29) is 23.8 Å². The standard InChI is InChI=1S/C26H32N4O2/c27-21-11-14-30(15-12-21)25(32)23-17-29(16-19-6-2-1-3-7-19)18-26(23)13-10-20-8-4-5-9-22(20)24(31)28-26/h1-9,21,23H,10-18,27H2,(H,28,31)/t23-,26+/m0/s1. The van der Waals surface area contributed by atoms with Crippen LogP contribution in [0.5, 0.6) is 0 Å². The van der Waals surface area contributed by atoms with E-state index >= 15 is 0 Å². The summed E-state index contributed by atoms with van der Waals surface area (Å²) >= 11 is 0. The molecule has 0 aromatic heterocycles. The van der Waals surface area contributed by atoms with Crippen LogP contribution < -0.4 is 11.1 Å². The Hall–Kier alpha value is -2.70. The molecule has 2 aromatic carbocycles. The second-order valence-corrected chi connectivity index (χ2v) is 9.64. The molecule has 2 fully saturated rings. The number of nitrogens with zero attached hydrogens (tertiary/aromatic N) is 2. The van der Waals surface area contributed by atoms with E-state index in [1.165, 1.54) is 5.56 Å². The lowest BCUT2D eigenvalue weighted by Crippen LogP contribution is -2.58. The van der Waals surface area contributed by atoms with Crippen molar-refractivity contribution < 1.29 is 9.59 Å². The normalized spacial score (nSPS) is 26.6. The fraction of sp³-hybridized carbons (Fsp3) is 0.462. The first-order valence-corrected chi connectivity index (χ1v) is 11.8. The molecule has 3 aliphatic heterocycles. The zero-order valence-corrected chi connectivity index (χ0v) is 18.5. The summed E-state index contributed by atoms with van der Waals surface area (Å²) < 4.78 is 0. The summed E-state index contributed by atoms with van der Waals surface area (Å²) in [4.78, 5) is 31.3. The molecule has 1 spiro atoms. The summed E-state index contributed by atoms with van der Waals surface area (Å²) in [5.41, 5.74) is 8.56.